The molecule has 6 aromatic rings. The molecule has 0 atom stereocenters. The monoisotopic (exact) mass is 782 g/mol. The zero-order valence-electron chi connectivity index (χ0n) is 29.0. The van der Waals surface area contributed by atoms with Gasteiger partial charge in [-0.2, -0.15) is 0 Å². The number of hydrogen-bond donors (Lipinski definition) is 0. The summed E-state index contributed by atoms with van der Waals surface area (Å²) in [6, 6.07) is 50.3. The fourth-order valence-corrected chi connectivity index (χ4v) is 9.97. The molecule has 6 aromatic carbocycles. The van der Waals surface area contributed by atoms with E-state index in [2.05, 4.69) is 146 Å². The molecule has 7 heterocycles. The van der Waals surface area contributed by atoms with Crippen LogP contribution < -0.4 is 0 Å². The number of benzene rings is 6. The Morgan fingerprint density at radius 1 is 0.370 bits per heavy atom. The minimum absolute atomic E-state index is 0.373. The Balaban J connectivity index is 1.16. The highest BCUT2D eigenvalue weighted by molar-refractivity contribution is 8.21. The zero-order valence-corrected chi connectivity index (χ0v) is 32.3. The molecule has 13 rings (SSSR count). The number of thioether (sulfide) groups is 4. The van der Waals surface area contributed by atoms with Crippen LogP contribution in [0.1, 0.15) is 22.3 Å². The molecule has 7 aliphatic heterocycles. The molecule has 54 heavy (non-hydrogen) atoms. The number of nitro groups is 2. The van der Waals surface area contributed by atoms with Crippen LogP contribution in [0.2, 0.25) is 0 Å². The van der Waals surface area contributed by atoms with Crippen LogP contribution in [-0.2, 0) is 23.0 Å². The molecule has 10 heteroatoms. The van der Waals surface area contributed by atoms with Crippen LogP contribution in [0.25, 0.3) is 44.5 Å². The van der Waals surface area contributed by atoms with E-state index in [4.69, 9.17) is 0 Å². The summed E-state index contributed by atoms with van der Waals surface area (Å²) < 4.78 is 1.34. The van der Waals surface area contributed by atoms with E-state index >= 15 is 0 Å². The van der Waals surface area contributed by atoms with Crippen LogP contribution in [0, 0.1) is 20.2 Å². The van der Waals surface area contributed by atoms with Crippen LogP contribution in [0.3, 0.4) is 0 Å². The van der Waals surface area contributed by atoms with Crippen molar-refractivity contribution >= 4 is 47.0 Å². The standard InChI is InChI=1S/C44H34N2O4S4/c47-45(48)25-43-51-27-31-7-15-35(16-8-31)39-3-1-4-40(23-39)36-17-9-32(10-18-36)28-52-44(26-46(49)50)54-30-34-13-21-38(22-14-34)42-6-2-5-41(24-42)37-19-11-33(12-20-37)29-53-43/h1-26H,27-30H2. The van der Waals surface area contributed by atoms with Gasteiger partial charge in [0.05, 0.1) is 9.85 Å². The molecule has 0 unspecified atom stereocenters. The number of hydrogen-bond acceptors (Lipinski definition) is 8. The van der Waals surface area contributed by atoms with Gasteiger partial charge in [-0.15, -0.1) is 47.0 Å². The van der Waals surface area contributed by atoms with Crippen molar-refractivity contribution in [1.82, 2.24) is 0 Å². The third-order valence-electron chi connectivity index (χ3n) is 8.82. The maximum Gasteiger partial charge on any atom is 0.254 e. The molecule has 0 fully saturated rings. The van der Waals surface area contributed by atoms with Gasteiger partial charge in [0, 0.05) is 23.0 Å². The first-order valence-corrected chi connectivity index (χ1v) is 21.1. The molecule has 0 N–H and O–H groups in total. The van der Waals surface area contributed by atoms with E-state index in [0.29, 0.717) is 31.5 Å². The van der Waals surface area contributed by atoms with E-state index < -0.39 is 0 Å². The van der Waals surface area contributed by atoms with Crippen LogP contribution in [0.15, 0.2) is 166 Å². The third kappa shape index (κ3) is 10.1. The second-order valence-corrected chi connectivity index (χ2v) is 17.2. The number of nitrogens with zero attached hydrogens (tertiary/aromatic N) is 2. The Labute approximate surface area is 331 Å². The SMILES string of the molecule is O=[N+]([O-])C=C1SCc2ccc(cc2)-c2cccc(c2)-c2ccc(cc2)CSC(=C[N+](=O)[O-])SCc2ccc(cc2)-c2cccc(c2)-c2ccc(cc2)CS1. The lowest BCUT2D eigenvalue weighted by molar-refractivity contribution is -0.402. The molecule has 0 saturated heterocycles. The van der Waals surface area contributed by atoms with Gasteiger partial charge in [-0.05, 0) is 78.9 Å². The maximum absolute atomic E-state index is 11.5. The summed E-state index contributed by atoms with van der Waals surface area (Å²) in [5.74, 6) is 2.49. The summed E-state index contributed by atoms with van der Waals surface area (Å²) in [5, 5.41) is 23.0. The molecular formula is C44H34N2O4S4. The zero-order chi connectivity index (χ0) is 37.3. The van der Waals surface area contributed by atoms with Crippen LogP contribution in [0.4, 0.5) is 0 Å². The molecular weight excluding hydrogens is 749 g/mol. The maximum atomic E-state index is 11.5. The summed E-state index contributed by atoms with van der Waals surface area (Å²) >= 11 is 5.93. The van der Waals surface area contributed by atoms with Crippen LogP contribution >= 0.6 is 47.0 Å². The summed E-state index contributed by atoms with van der Waals surface area (Å²) in [6.45, 7) is 0. The minimum Gasteiger partial charge on any atom is -0.259 e. The molecule has 12 bridgehead atoms. The molecule has 0 amide bonds. The summed E-state index contributed by atoms with van der Waals surface area (Å²) in [7, 11) is 0. The largest absolute Gasteiger partial charge is 0.259 e. The lowest BCUT2D eigenvalue weighted by Crippen LogP contribution is -1.90. The van der Waals surface area contributed by atoms with E-state index in [1.165, 1.54) is 47.0 Å². The van der Waals surface area contributed by atoms with Crippen molar-refractivity contribution in [3.05, 3.63) is 209 Å². The second kappa shape index (κ2) is 17.9. The smallest absolute Gasteiger partial charge is 0.254 e. The fourth-order valence-electron chi connectivity index (χ4n) is 5.95. The summed E-state index contributed by atoms with van der Waals surface area (Å²) in [6.07, 6.45) is 2.23. The molecule has 0 saturated carbocycles. The summed E-state index contributed by atoms with van der Waals surface area (Å²) in [4.78, 5) is 22.3. The van der Waals surface area contributed by atoms with E-state index in [9.17, 15) is 20.2 Å². The van der Waals surface area contributed by atoms with Gasteiger partial charge in [-0.1, -0.05) is 133 Å². The van der Waals surface area contributed by atoms with Gasteiger partial charge in [0.1, 0.15) is 8.47 Å². The fraction of sp³-hybridized carbons (Fsp3) is 0.0909. The second-order valence-electron chi connectivity index (χ2n) is 12.6. The number of rotatable bonds is 2. The van der Waals surface area contributed by atoms with Gasteiger partial charge in [-0.25, -0.2) is 0 Å². The third-order valence-corrected chi connectivity index (χ3v) is 13.7. The van der Waals surface area contributed by atoms with E-state index in [1.807, 2.05) is 0 Å². The highest BCUT2D eigenvalue weighted by Crippen LogP contribution is 2.37. The van der Waals surface area contributed by atoms with Gasteiger partial charge in [0.2, 0.25) is 0 Å². The lowest BCUT2D eigenvalue weighted by atomic mass is 9.98. The van der Waals surface area contributed by atoms with Gasteiger partial charge < -0.3 is 0 Å². The van der Waals surface area contributed by atoms with Crippen molar-refractivity contribution in [3.8, 4) is 44.5 Å². The first-order chi connectivity index (χ1) is 26.3. The van der Waals surface area contributed by atoms with E-state index in [1.54, 1.807) is 0 Å². The molecule has 7 aliphatic rings. The Morgan fingerprint density at radius 2 is 0.611 bits per heavy atom. The van der Waals surface area contributed by atoms with Crippen LogP contribution in [-0.4, -0.2) is 9.85 Å². The molecule has 0 radical (unpaired) electrons. The van der Waals surface area contributed by atoms with Gasteiger partial charge in [0.25, 0.3) is 12.4 Å². The van der Waals surface area contributed by atoms with Crippen molar-refractivity contribution in [2.45, 2.75) is 23.0 Å². The van der Waals surface area contributed by atoms with Crippen molar-refractivity contribution in [2.24, 2.45) is 0 Å². The average Bonchev–Trinajstić information content (AvgIpc) is 3.20. The van der Waals surface area contributed by atoms with Crippen molar-refractivity contribution in [3.63, 3.8) is 0 Å². The minimum atomic E-state index is -0.373. The van der Waals surface area contributed by atoms with Crippen LogP contribution in [0.5, 0.6) is 0 Å². The lowest BCUT2D eigenvalue weighted by Gasteiger charge is -2.10. The first-order valence-electron chi connectivity index (χ1n) is 17.1. The highest BCUT2D eigenvalue weighted by Gasteiger charge is 2.11. The Hall–Kier alpha value is -5.00. The molecule has 268 valence electrons. The predicted molar refractivity (Wildman–Crippen MR) is 230 cm³/mol. The van der Waals surface area contributed by atoms with Crippen molar-refractivity contribution in [1.29, 1.82) is 0 Å². The highest BCUT2D eigenvalue weighted by atomic mass is 32.2. The van der Waals surface area contributed by atoms with Crippen molar-refractivity contribution < 1.29 is 9.85 Å². The molecule has 0 aliphatic carbocycles. The average molecular weight is 783 g/mol. The van der Waals surface area contributed by atoms with Gasteiger partial charge in [-0.3, -0.25) is 20.2 Å². The van der Waals surface area contributed by atoms with Gasteiger partial charge in [0.15, 0.2) is 0 Å². The molecule has 0 spiro atoms. The van der Waals surface area contributed by atoms with E-state index in [0.717, 1.165) is 79.2 Å². The quantitative estimate of drug-likeness (QED) is 0.127. The molecule has 0 aromatic heterocycles. The predicted octanol–water partition coefficient (Wildman–Crippen LogP) is 13.2. The first kappa shape index (κ1) is 37.3. The van der Waals surface area contributed by atoms with Gasteiger partial charge >= 0.3 is 0 Å². The van der Waals surface area contributed by atoms with Crippen molar-refractivity contribution in [2.75, 3.05) is 0 Å². The topological polar surface area (TPSA) is 86.3 Å². The molecule has 6 nitrogen and oxygen atoms in total. The Morgan fingerprint density at radius 3 is 0.833 bits per heavy atom. The normalized spacial score (nSPS) is 13.6. The Bertz CT molecular complexity index is 2020. The summed E-state index contributed by atoms with van der Waals surface area (Å²) in [5.41, 5.74) is 13.1. The Kier molecular flexibility index (Phi) is 12.4. The van der Waals surface area contributed by atoms with E-state index in [-0.39, 0.29) is 9.85 Å².